The predicted molar refractivity (Wildman–Crippen MR) is 75.7 cm³/mol. The lowest BCUT2D eigenvalue weighted by Crippen LogP contribution is -2.14. The molecule has 1 unspecified atom stereocenters. The minimum atomic E-state index is -0.355. The first-order chi connectivity index (χ1) is 9.10. The van der Waals surface area contributed by atoms with Crippen molar-refractivity contribution in [2.75, 3.05) is 0 Å². The van der Waals surface area contributed by atoms with Gasteiger partial charge >= 0.3 is 0 Å². The molecular formula is C15H16ClFN2. The number of halogens is 2. The zero-order valence-electron chi connectivity index (χ0n) is 10.7. The fraction of sp³-hybridized carbons (Fsp3) is 0.267. The number of aromatic nitrogens is 1. The van der Waals surface area contributed by atoms with Gasteiger partial charge in [0.2, 0.25) is 0 Å². The predicted octanol–water partition coefficient (Wildman–Crippen LogP) is 3.68. The van der Waals surface area contributed by atoms with Crippen molar-refractivity contribution in [1.29, 1.82) is 0 Å². The summed E-state index contributed by atoms with van der Waals surface area (Å²) in [5.41, 5.74) is 8.94. The third-order valence-electron chi connectivity index (χ3n) is 3.09. The second-order valence-electron chi connectivity index (χ2n) is 4.49. The molecule has 100 valence electrons. The Bertz CT molecular complexity index is 555. The Morgan fingerprint density at radius 1 is 1.32 bits per heavy atom. The summed E-state index contributed by atoms with van der Waals surface area (Å²) in [5.74, 6) is -0.355. The average Bonchev–Trinajstić information content (AvgIpc) is 2.39. The second-order valence-corrected chi connectivity index (χ2v) is 4.89. The van der Waals surface area contributed by atoms with Crippen molar-refractivity contribution in [3.8, 4) is 0 Å². The molecule has 0 fully saturated rings. The lowest BCUT2D eigenvalue weighted by molar-refractivity contribution is 0.624. The Kier molecular flexibility index (Phi) is 4.51. The number of rotatable bonds is 4. The van der Waals surface area contributed by atoms with Crippen LogP contribution in [0.5, 0.6) is 0 Å². The van der Waals surface area contributed by atoms with Crippen molar-refractivity contribution in [1.82, 2.24) is 4.98 Å². The van der Waals surface area contributed by atoms with Crippen LogP contribution >= 0.6 is 11.6 Å². The summed E-state index contributed by atoms with van der Waals surface area (Å²) >= 11 is 6.00. The molecule has 0 aliphatic carbocycles. The molecule has 2 rings (SSSR count). The number of hydrogen-bond donors (Lipinski definition) is 1. The minimum Gasteiger partial charge on any atom is -0.324 e. The molecule has 0 amide bonds. The van der Waals surface area contributed by atoms with Crippen LogP contribution in [0, 0.1) is 5.82 Å². The highest BCUT2D eigenvalue weighted by Gasteiger charge is 2.12. The van der Waals surface area contributed by atoms with Gasteiger partial charge in [0.05, 0.1) is 0 Å². The zero-order valence-corrected chi connectivity index (χ0v) is 11.5. The van der Waals surface area contributed by atoms with E-state index >= 15 is 0 Å². The van der Waals surface area contributed by atoms with Gasteiger partial charge in [-0.25, -0.2) is 4.39 Å². The van der Waals surface area contributed by atoms with Crippen LogP contribution in [-0.4, -0.2) is 4.98 Å². The zero-order chi connectivity index (χ0) is 13.8. The van der Waals surface area contributed by atoms with E-state index in [2.05, 4.69) is 11.9 Å². The van der Waals surface area contributed by atoms with Gasteiger partial charge in [0.1, 0.15) is 5.82 Å². The van der Waals surface area contributed by atoms with Gasteiger partial charge in [0.15, 0.2) is 0 Å². The van der Waals surface area contributed by atoms with Gasteiger partial charge in [-0.2, -0.15) is 0 Å². The summed E-state index contributed by atoms with van der Waals surface area (Å²) < 4.78 is 13.0. The molecule has 0 saturated heterocycles. The molecule has 1 atom stereocenters. The van der Waals surface area contributed by atoms with Crippen molar-refractivity contribution in [3.63, 3.8) is 0 Å². The molecular weight excluding hydrogens is 263 g/mol. The van der Waals surface area contributed by atoms with E-state index in [0.717, 1.165) is 17.7 Å². The summed E-state index contributed by atoms with van der Waals surface area (Å²) in [6.45, 7) is 2.08. The molecule has 0 spiro atoms. The summed E-state index contributed by atoms with van der Waals surface area (Å²) in [7, 11) is 0. The normalized spacial score (nSPS) is 12.4. The quantitative estimate of drug-likeness (QED) is 0.927. The molecule has 1 heterocycles. The summed E-state index contributed by atoms with van der Waals surface area (Å²) in [6.07, 6.45) is 3.40. The van der Waals surface area contributed by atoms with Gasteiger partial charge < -0.3 is 5.73 Å². The third kappa shape index (κ3) is 3.52. The standard InChI is InChI=1S/C15H16ClFN2/c1-2-10-3-5-12(19-9-10)8-15(18)13-6-4-11(17)7-14(13)16/h3-7,9,15H,2,8,18H2,1H3. The van der Waals surface area contributed by atoms with E-state index in [0.29, 0.717) is 11.4 Å². The van der Waals surface area contributed by atoms with Crippen LogP contribution in [0.25, 0.3) is 0 Å². The van der Waals surface area contributed by atoms with Gasteiger partial charge in [-0.05, 0) is 35.7 Å². The van der Waals surface area contributed by atoms with E-state index in [4.69, 9.17) is 17.3 Å². The number of pyridine rings is 1. The number of nitrogens with two attached hydrogens (primary N) is 1. The van der Waals surface area contributed by atoms with Gasteiger partial charge in [-0.15, -0.1) is 0 Å². The molecule has 0 radical (unpaired) electrons. The smallest absolute Gasteiger partial charge is 0.124 e. The second kappa shape index (κ2) is 6.13. The van der Waals surface area contributed by atoms with E-state index in [-0.39, 0.29) is 11.9 Å². The van der Waals surface area contributed by atoms with Gasteiger partial charge in [0.25, 0.3) is 0 Å². The maximum Gasteiger partial charge on any atom is 0.124 e. The molecule has 19 heavy (non-hydrogen) atoms. The van der Waals surface area contributed by atoms with Crippen molar-refractivity contribution in [3.05, 3.63) is 64.2 Å². The van der Waals surface area contributed by atoms with Crippen LogP contribution in [0.2, 0.25) is 5.02 Å². The Hall–Kier alpha value is -1.45. The van der Waals surface area contributed by atoms with E-state index < -0.39 is 0 Å². The molecule has 0 aliphatic rings. The SMILES string of the molecule is CCc1ccc(CC(N)c2ccc(F)cc2Cl)nc1. The number of benzene rings is 1. The number of hydrogen-bond acceptors (Lipinski definition) is 2. The first-order valence-electron chi connectivity index (χ1n) is 6.24. The fourth-order valence-electron chi connectivity index (χ4n) is 1.92. The third-order valence-corrected chi connectivity index (χ3v) is 3.41. The fourth-order valence-corrected chi connectivity index (χ4v) is 2.23. The van der Waals surface area contributed by atoms with E-state index in [1.165, 1.54) is 17.7 Å². The molecule has 0 saturated carbocycles. The number of nitrogens with zero attached hydrogens (tertiary/aromatic N) is 1. The first-order valence-corrected chi connectivity index (χ1v) is 6.62. The van der Waals surface area contributed by atoms with Crippen molar-refractivity contribution in [2.24, 2.45) is 5.73 Å². The topological polar surface area (TPSA) is 38.9 Å². The van der Waals surface area contributed by atoms with Crippen molar-refractivity contribution >= 4 is 11.6 Å². The first kappa shape index (κ1) is 14.0. The Morgan fingerprint density at radius 3 is 2.68 bits per heavy atom. The van der Waals surface area contributed by atoms with Gasteiger partial charge in [-0.3, -0.25) is 4.98 Å². The van der Waals surface area contributed by atoms with Crippen molar-refractivity contribution in [2.45, 2.75) is 25.8 Å². The van der Waals surface area contributed by atoms with Crippen LogP contribution in [0.15, 0.2) is 36.5 Å². The lowest BCUT2D eigenvalue weighted by Gasteiger charge is -2.13. The summed E-state index contributed by atoms with van der Waals surface area (Å²) in [5, 5.41) is 0.359. The molecule has 0 aliphatic heterocycles. The maximum absolute atomic E-state index is 13.0. The summed E-state index contributed by atoms with van der Waals surface area (Å²) in [4.78, 5) is 4.37. The largest absolute Gasteiger partial charge is 0.324 e. The average molecular weight is 279 g/mol. The molecule has 2 aromatic rings. The van der Waals surface area contributed by atoms with Crippen LogP contribution in [0.3, 0.4) is 0 Å². The van der Waals surface area contributed by atoms with E-state index in [9.17, 15) is 4.39 Å². The highest BCUT2D eigenvalue weighted by Crippen LogP contribution is 2.24. The molecule has 1 aromatic heterocycles. The Balaban J connectivity index is 2.13. The monoisotopic (exact) mass is 278 g/mol. The Labute approximate surface area is 117 Å². The van der Waals surface area contributed by atoms with E-state index in [1.807, 2.05) is 18.3 Å². The summed E-state index contributed by atoms with van der Waals surface area (Å²) in [6, 6.07) is 8.01. The molecule has 2 N–H and O–H groups in total. The van der Waals surface area contributed by atoms with Crippen LogP contribution in [-0.2, 0) is 12.8 Å². The Morgan fingerprint density at radius 2 is 2.11 bits per heavy atom. The van der Waals surface area contributed by atoms with Crippen LogP contribution < -0.4 is 5.73 Å². The van der Waals surface area contributed by atoms with Gasteiger partial charge in [-0.1, -0.05) is 30.7 Å². The maximum atomic E-state index is 13.0. The molecule has 1 aromatic carbocycles. The highest BCUT2D eigenvalue weighted by molar-refractivity contribution is 6.31. The number of aryl methyl sites for hydroxylation is 1. The minimum absolute atomic E-state index is 0.284. The van der Waals surface area contributed by atoms with E-state index in [1.54, 1.807) is 6.07 Å². The van der Waals surface area contributed by atoms with Gasteiger partial charge in [0, 0.05) is 29.4 Å². The molecule has 2 nitrogen and oxygen atoms in total. The van der Waals surface area contributed by atoms with Crippen LogP contribution in [0.4, 0.5) is 4.39 Å². The van der Waals surface area contributed by atoms with Crippen molar-refractivity contribution < 1.29 is 4.39 Å². The highest BCUT2D eigenvalue weighted by atomic mass is 35.5. The van der Waals surface area contributed by atoms with Crippen LogP contribution in [0.1, 0.15) is 29.8 Å². The lowest BCUT2D eigenvalue weighted by atomic mass is 10.0. The molecule has 4 heteroatoms. The molecule has 0 bridgehead atoms.